The number of carbonyl (C=O) groups excluding carboxylic acids is 1. The van der Waals surface area contributed by atoms with Gasteiger partial charge in [0, 0.05) is 0 Å². The SMILES string of the molecule is CC(C)(C)OC(=O)Nc1c(OCC(F)F)cccc1C(=O)O. The lowest BCUT2D eigenvalue weighted by Crippen LogP contribution is -2.28. The number of rotatable bonds is 5. The average molecular weight is 317 g/mol. The summed E-state index contributed by atoms with van der Waals surface area (Å²) in [5, 5.41) is 11.3. The average Bonchev–Trinajstić information content (AvgIpc) is 2.34. The summed E-state index contributed by atoms with van der Waals surface area (Å²) in [6.07, 6.45) is -3.65. The number of alkyl halides is 2. The van der Waals surface area contributed by atoms with Gasteiger partial charge in [-0.1, -0.05) is 6.07 Å². The van der Waals surface area contributed by atoms with E-state index in [2.05, 4.69) is 5.32 Å². The van der Waals surface area contributed by atoms with Crippen LogP contribution in [0.15, 0.2) is 18.2 Å². The molecule has 0 bridgehead atoms. The van der Waals surface area contributed by atoms with Crippen LogP contribution in [0.25, 0.3) is 0 Å². The van der Waals surface area contributed by atoms with Crippen LogP contribution in [0.4, 0.5) is 19.3 Å². The molecule has 8 heteroatoms. The van der Waals surface area contributed by atoms with Crippen LogP contribution in [-0.2, 0) is 4.74 Å². The van der Waals surface area contributed by atoms with Crippen molar-refractivity contribution in [2.75, 3.05) is 11.9 Å². The quantitative estimate of drug-likeness (QED) is 0.869. The first-order chi connectivity index (χ1) is 10.1. The fourth-order valence-corrected chi connectivity index (χ4v) is 1.52. The molecular formula is C14H17F2NO5. The van der Waals surface area contributed by atoms with Gasteiger partial charge >= 0.3 is 12.1 Å². The van der Waals surface area contributed by atoms with Gasteiger partial charge in [0.15, 0.2) is 0 Å². The third kappa shape index (κ3) is 5.55. The van der Waals surface area contributed by atoms with Crippen molar-refractivity contribution in [3.8, 4) is 5.75 Å². The molecule has 0 spiro atoms. The number of carboxylic acids is 1. The monoisotopic (exact) mass is 317 g/mol. The highest BCUT2D eigenvalue weighted by Crippen LogP contribution is 2.29. The third-order valence-corrected chi connectivity index (χ3v) is 2.25. The van der Waals surface area contributed by atoms with Crippen molar-refractivity contribution in [1.29, 1.82) is 0 Å². The Hall–Kier alpha value is -2.38. The molecule has 0 radical (unpaired) electrons. The molecule has 122 valence electrons. The Balaban J connectivity index is 3.06. The van der Waals surface area contributed by atoms with Gasteiger partial charge in [0.25, 0.3) is 6.43 Å². The van der Waals surface area contributed by atoms with Crippen molar-refractivity contribution < 1.29 is 33.0 Å². The van der Waals surface area contributed by atoms with E-state index in [1.54, 1.807) is 20.8 Å². The highest BCUT2D eigenvalue weighted by atomic mass is 19.3. The molecule has 22 heavy (non-hydrogen) atoms. The van der Waals surface area contributed by atoms with Crippen molar-refractivity contribution >= 4 is 17.7 Å². The zero-order chi connectivity index (χ0) is 16.9. The van der Waals surface area contributed by atoms with Gasteiger partial charge in [0.1, 0.15) is 23.6 Å². The van der Waals surface area contributed by atoms with Crippen LogP contribution in [0.2, 0.25) is 0 Å². The maximum absolute atomic E-state index is 12.2. The molecule has 2 N–H and O–H groups in total. The summed E-state index contributed by atoms with van der Waals surface area (Å²) in [6.45, 7) is 3.96. The van der Waals surface area contributed by atoms with Crippen molar-refractivity contribution in [3.05, 3.63) is 23.8 Å². The number of anilines is 1. The zero-order valence-electron chi connectivity index (χ0n) is 12.4. The van der Waals surface area contributed by atoms with Gasteiger partial charge in [-0.2, -0.15) is 0 Å². The van der Waals surface area contributed by atoms with E-state index in [4.69, 9.17) is 14.6 Å². The minimum Gasteiger partial charge on any atom is -0.485 e. The van der Waals surface area contributed by atoms with Gasteiger partial charge in [-0.05, 0) is 32.9 Å². The number of amides is 1. The Bertz CT molecular complexity index is 555. The number of benzene rings is 1. The minimum atomic E-state index is -2.73. The third-order valence-electron chi connectivity index (χ3n) is 2.25. The predicted octanol–water partition coefficient (Wildman–Crippen LogP) is 3.38. The van der Waals surface area contributed by atoms with Crippen molar-refractivity contribution in [2.45, 2.75) is 32.8 Å². The maximum Gasteiger partial charge on any atom is 0.412 e. The first-order valence-corrected chi connectivity index (χ1v) is 6.37. The highest BCUT2D eigenvalue weighted by molar-refractivity contribution is 6.00. The lowest BCUT2D eigenvalue weighted by molar-refractivity contribution is 0.0634. The van der Waals surface area contributed by atoms with Crippen LogP contribution in [0.5, 0.6) is 5.75 Å². The normalized spacial score (nSPS) is 11.2. The fourth-order valence-electron chi connectivity index (χ4n) is 1.52. The van der Waals surface area contributed by atoms with E-state index < -0.39 is 30.7 Å². The van der Waals surface area contributed by atoms with Crippen LogP contribution < -0.4 is 10.1 Å². The summed E-state index contributed by atoms with van der Waals surface area (Å²) in [5.74, 6) is -1.51. The Morgan fingerprint density at radius 1 is 1.32 bits per heavy atom. The smallest absolute Gasteiger partial charge is 0.412 e. The van der Waals surface area contributed by atoms with E-state index in [-0.39, 0.29) is 17.0 Å². The second-order valence-corrected chi connectivity index (χ2v) is 5.31. The van der Waals surface area contributed by atoms with Gasteiger partial charge in [-0.3, -0.25) is 5.32 Å². The molecule has 1 rings (SSSR count). The maximum atomic E-state index is 12.2. The standard InChI is InChI=1S/C14H17F2NO5/c1-14(2,3)22-13(20)17-11-8(12(18)19)5-4-6-9(11)21-7-10(15)16/h4-6,10H,7H2,1-3H3,(H,17,20)(H,18,19). The molecule has 6 nitrogen and oxygen atoms in total. The summed E-state index contributed by atoms with van der Waals surface area (Å²) in [4.78, 5) is 22.9. The molecule has 1 aromatic rings. The second-order valence-electron chi connectivity index (χ2n) is 5.31. The Morgan fingerprint density at radius 3 is 2.45 bits per heavy atom. The molecule has 0 aromatic heterocycles. The summed E-state index contributed by atoms with van der Waals surface area (Å²) in [6, 6.07) is 3.82. The number of hydrogen-bond acceptors (Lipinski definition) is 4. The Kier molecular flexibility index (Phi) is 5.67. The van der Waals surface area contributed by atoms with Gasteiger partial charge in [-0.25, -0.2) is 18.4 Å². The first kappa shape index (κ1) is 17.7. The molecule has 0 aliphatic heterocycles. The highest BCUT2D eigenvalue weighted by Gasteiger charge is 2.22. The lowest BCUT2D eigenvalue weighted by Gasteiger charge is -2.21. The molecule has 0 atom stereocenters. The molecule has 0 saturated heterocycles. The van der Waals surface area contributed by atoms with Gasteiger partial charge in [0.2, 0.25) is 0 Å². The molecular weight excluding hydrogens is 300 g/mol. The number of aromatic carboxylic acids is 1. The Morgan fingerprint density at radius 2 is 1.95 bits per heavy atom. The zero-order valence-corrected chi connectivity index (χ0v) is 12.4. The topological polar surface area (TPSA) is 84.9 Å². The number of halogens is 2. The molecule has 0 heterocycles. The first-order valence-electron chi connectivity index (χ1n) is 6.37. The number of carboxylic acid groups (broad SMARTS) is 1. The van der Waals surface area contributed by atoms with E-state index in [0.717, 1.165) is 0 Å². The minimum absolute atomic E-state index is 0.175. The van der Waals surface area contributed by atoms with Gasteiger partial charge in [0.05, 0.1) is 5.56 Å². The second kappa shape index (κ2) is 7.06. The van der Waals surface area contributed by atoms with Gasteiger partial charge < -0.3 is 14.6 Å². The number of para-hydroxylation sites is 1. The van der Waals surface area contributed by atoms with Gasteiger partial charge in [-0.15, -0.1) is 0 Å². The molecule has 1 aromatic carbocycles. The van der Waals surface area contributed by atoms with Crippen molar-refractivity contribution in [1.82, 2.24) is 0 Å². The van der Waals surface area contributed by atoms with E-state index in [9.17, 15) is 18.4 Å². The fraction of sp³-hybridized carbons (Fsp3) is 0.429. The molecule has 0 aliphatic carbocycles. The van der Waals surface area contributed by atoms with Crippen LogP contribution in [-0.4, -0.2) is 35.8 Å². The Labute approximate surface area is 126 Å². The van der Waals surface area contributed by atoms with Crippen LogP contribution in [0, 0.1) is 0 Å². The molecule has 0 unspecified atom stereocenters. The summed E-state index contributed by atoms with van der Waals surface area (Å²) in [5.41, 5.74) is -1.32. The number of nitrogens with one attached hydrogen (secondary N) is 1. The van der Waals surface area contributed by atoms with Crippen LogP contribution in [0.1, 0.15) is 31.1 Å². The summed E-state index contributed by atoms with van der Waals surface area (Å²) >= 11 is 0. The lowest BCUT2D eigenvalue weighted by atomic mass is 10.1. The summed E-state index contributed by atoms with van der Waals surface area (Å²) < 4.78 is 34.3. The summed E-state index contributed by atoms with van der Waals surface area (Å²) in [7, 11) is 0. The molecule has 1 amide bonds. The molecule has 0 aliphatic rings. The molecule has 0 saturated carbocycles. The number of carbonyl (C=O) groups is 2. The number of ether oxygens (including phenoxy) is 2. The van der Waals surface area contributed by atoms with Crippen LogP contribution >= 0.6 is 0 Å². The van der Waals surface area contributed by atoms with Crippen molar-refractivity contribution in [2.24, 2.45) is 0 Å². The van der Waals surface area contributed by atoms with E-state index in [1.165, 1.54) is 18.2 Å². The van der Waals surface area contributed by atoms with Crippen LogP contribution in [0.3, 0.4) is 0 Å². The predicted molar refractivity (Wildman–Crippen MR) is 74.8 cm³/mol. The number of hydrogen-bond donors (Lipinski definition) is 2. The van der Waals surface area contributed by atoms with E-state index in [1.807, 2.05) is 0 Å². The van der Waals surface area contributed by atoms with E-state index >= 15 is 0 Å². The molecule has 0 fully saturated rings. The van der Waals surface area contributed by atoms with Crippen molar-refractivity contribution in [3.63, 3.8) is 0 Å². The van der Waals surface area contributed by atoms with E-state index in [0.29, 0.717) is 0 Å². The largest absolute Gasteiger partial charge is 0.485 e.